The average molecular weight is 245 g/mol. The van der Waals surface area contributed by atoms with Crippen molar-refractivity contribution in [3.05, 3.63) is 29.0 Å². The van der Waals surface area contributed by atoms with Crippen molar-refractivity contribution >= 4 is 23.4 Å². The number of halogens is 1. The molecule has 0 bridgehead atoms. The predicted molar refractivity (Wildman–Crippen MR) is 68.8 cm³/mol. The fraction of sp³-hybridized carbons (Fsp3) is 0.545. The van der Waals surface area contributed by atoms with Crippen molar-refractivity contribution < 1.29 is 0 Å². The second-order valence-electron chi connectivity index (χ2n) is 3.38. The Morgan fingerprint density at radius 1 is 1.60 bits per heavy atom. The van der Waals surface area contributed by atoms with Gasteiger partial charge in [-0.3, -0.25) is 4.98 Å². The zero-order valence-corrected chi connectivity index (χ0v) is 10.7. The lowest BCUT2D eigenvalue weighted by molar-refractivity contribution is 0.573. The van der Waals surface area contributed by atoms with E-state index in [1.807, 2.05) is 17.8 Å². The van der Waals surface area contributed by atoms with Gasteiger partial charge in [0, 0.05) is 24.2 Å². The highest BCUT2D eigenvalue weighted by molar-refractivity contribution is 7.98. The number of hydrogen-bond acceptors (Lipinski definition) is 3. The van der Waals surface area contributed by atoms with Crippen molar-refractivity contribution in [2.45, 2.75) is 19.4 Å². The Kier molecular flexibility index (Phi) is 6.06. The lowest BCUT2D eigenvalue weighted by Crippen LogP contribution is -2.33. The first-order valence-electron chi connectivity index (χ1n) is 5.08. The standard InChI is InChI=1S/C11H17ClN2S/c1-3-14-10(8-15-2)6-9-4-5-13-7-11(9)12/h4-5,7,10,14H,3,6,8H2,1-2H3. The predicted octanol–water partition coefficient (Wildman–Crippen LogP) is 2.62. The highest BCUT2D eigenvalue weighted by Gasteiger charge is 2.09. The van der Waals surface area contributed by atoms with Crippen molar-refractivity contribution in [3.63, 3.8) is 0 Å². The average Bonchev–Trinajstić information content (AvgIpc) is 2.22. The van der Waals surface area contributed by atoms with Gasteiger partial charge in [0.2, 0.25) is 0 Å². The summed E-state index contributed by atoms with van der Waals surface area (Å²) >= 11 is 7.93. The van der Waals surface area contributed by atoms with Gasteiger partial charge in [-0.2, -0.15) is 11.8 Å². The summed E-state index contributed by atoms with van der Waals surface area (Å²) in [5.74, 6) is 1.10. The van der Waals surface area contributed by atoms with Crippen LogP contribution >= 0.6 is 23.4 Å². The van der Waals surface area contributed by atoms with E-state index in [-0.39, 0.29) is 0 Å². The van der Waals surface area contributed by atoms with Gasteiger partial charge in [-0.1, -0.05) is 18.5 Å². The Bertz CT molecular complexity index is 288. The van der Waals surface area contributed by atoms with E-state index in [0.29, 0.717) is 6.04 Å². The molecule has 1 heterocycles. The van der Waals surface area contributed by atoms with Crippen molar-refractivity contribution in [1.29, 1.82) is 0 Å². The minimum absolute atomic E-state index is 0.491. The third-order valence-corrected chi connectivity index (χ3v) is 3.26. The fourth-order valence-electron chi connectivity index (χ4n) is 1.51. The summed E-state index contributed by atoms with van der Waals surface area (Å²) in [6.45, 7) is 3.12. The lowest BCUT2D eigenvalue weighted by Gasteiger charge is -2.17. The maximum absolute atomic E-state index is 6.07. The molecule has 0 aliphatic rings. The molecule has 15 heavy (non-hydrogen) atoms. The second-order valence-corrected chi connectivity index (χ2v) is 4.70. The van der Waals surface area contributed by atoms with Gasteiger partial charge in [0.15, 0.2) is 0 Å². The molecule has 2 nitrogen and oxygen atoms in total. The van der Waals surface area contributed by atoms with Crippen LogP contribution < -0.4 is 5.32 Å². The van der Waals surface area contributed by atoms with Crippen LogP contribution in [-0.2, 0) is 6.42 Å². The molecule has 1 aromatic heterocycles. The molecule has 0 saturated heterocycles. The maximum Gasteiger partial charge on any atom is 0.0621 e. The molecule has 0 saturated carbocycles. The SMILES string of the molecule is CCNC(CSC)Cc1ccncc1Cl. The van der Waals surface area contributed by atoms with E-state index in [1.54, 1.807) is 12.4 Å². The molecule has 0 amide bonds. The summed E-state index contributed by atoms with van der Waals surface area (Å²) in [5.41, 5.74) is 1.17. The van der Waals surface area contributed by atoms with Crippen LogP contribution in [0.15, 0.2) is 18.5 Å². The van der Waals surface area contributed by atoms with Gasteiger partial charge < -0.3 is 5.32 Å². The maximum atomic E-state index is 6.07. The molecule has 0 aliphatic carbocycles. The molecule has 1 atom stereocenters. The summed E-state index contributed by atoms with van der Waals surface area (Å²) in [6.07, 6.45) is 6.59. The second kappa shape index (κ2) is 7.09. The van der Waals surface area contributed by atoms with Crippen LogP contribution in [0.5, 0.6) is 0 Å². The van der Waals surface area contributed by atoms with Crippen LogP contribution in [0.3, 0.4) is 0 Å². The summed E-state index contributed by atoms with van der Waals surface area (Å²) in [7, 11) is 0. The monoisotopic (exact) mass is 244 g/mol. The van der Waals surface area contributed by atoms with E-state index in [4.69, 9.17) is 11.6 Å². The Hall–Kier alpha value is -0.250. The van der Waals surface area contributed by atoms with E-state index >= 15 is 0 Å². The molecule has 0 fully saturated rings. The molecule has 4 heteroatoms. The van der Waals surface area contributed by atoms with Crippen molar-refractivity contribution in [2.75, 3.05) is 18.6 Å². The van der Waals surface area contributed by atoms with Crippen LogP contribution in [0.4, 0.5) is 0 Å². The van der Waals surface area contributed by atoms with Crippen LogP contribution in [0.1, 0.15) is 12.5 Å². The Balaban J connectivity index is 2.60. The molecular weight excluding hydrogens is 228 g/mol. The number of nitrogens with one attached hydrogen (secondary N) is 1. The van der Waals surface area contributed by atoms with E-state index in [1.165, 1.54) is 5.56 Å². The van der Waals surface area contributed by atoms with Gasteiger partial charge in [-0.05, 0) is 30.9 Å². The Morgan fingerprint density at radius 2 is 2.40 bits per heavy atom. The van der Waals surface area contributed by atoms with E-state index < -0.39 is 0 Å². The van der Waals surface area contributed by atoms with Crippen LogP contribution in [0.2, 0.25) is 5.02 Å². The van der Waals surface area contributed by atoms with Crippen LogP contribution in [0.25, 0.3) is 0 Å². The van der Waals surface area contributed by atoms with Gasteiger partial charge >= 0.3 is 0 Å². The summed E-state index contributed by atoms with van der Waals surface area (Å²) < 4.78 is 0. The van der Waals surface area contributed by atoms with Crippen LogP contribution in [0, 0.1) is 0 Å². The number of thioether (sulfide) groups is 1. The van der Waals surface area contributed by atoms with Crippen molar-refractivity contribution in [1.82, 2.24) is 10.3 Å². The minimum Gasteiger partial charge on any atom is -0.313 e. The topological polar surface area (TPSA) is 24.9 Å². The van der Waals surface area contributed by atoms with Crippen molar-refractivity contribution in [3.8, 4) is 0 Å². The van der Waals surface area contributed by atoms with Crippen molar-refractivity contribution in [2.24, 2.45) is 0 Å². The largest absolute Gasteiger partial charge is 0.313 e. The van der Waals surface area contributed by atoms with E-state index in [9.17, 15) is 0 Å². The number of pyridine rings is 1. The quantitative estimate of drug-likeness (QED) is 0.833. The van der Waals surface area contributed by atoms with Crippen LogP contribution in [-0.4, -0.2) is 29.6 Å². The number of rotatable bonds is 6. The molecule has 0 spiro atoms. The van der Waals surface area contributed by atoms with E-state index in [2.05, 4.69) is 23.5 Å². The highest BCUT2D eigenvalue weighted by atomic mass is 35.5. The number of aromatic nitrogens is 1. The molecule has 0 aromatic carbocycles. The first kappa shape index (κ1) is 12.8. The number of likely N-dealkylation sites (N-methyl/N-ethyl adjacent to an activating group) is 1. The molecular formula is C11H17ClN2S. The third kappa shape index (κ3) is 4.41. The fourth-order valence-corrected chi connectivity index (χ4v) is 2.35. The third-order valence-electron chi connectivity index (χ3n) is 2.18. The molecule has 0 aliphatic heterocycles. The highest BCUT2D eigenvalue weighted by Crippen LogP contribution is 2.16. The first-order chi connectivity index (χ1) is 7.27. The summed E-state index contributed by atoms with van der Waals surface area (Å²) in [5, 5.41) is 4.22. The molecule has 1 N–H and O–H groups in total. The van der Waals surface area contributed by atoms with Gasteiger partial charge in [0.1, 0.15) is 0 Å². The number of nitrogens with zero attached hydrogens (tertiary/aromatic N) is 1. The minimum atomic E-state index is 0.491. The molecule has 84 valence electrons. The Labute approximate surface area is 101 Å². The van der Waals surface area contributed by atoms with Gasteiger partial charge in [-0.25, -0.2) is 0 Å². The van der Waals surface area contributed by atoms with Gasteiger partial charge in [-0.15, -0.1) is 0 Å². The van der Waals surface area contributed by atoms with Gasteiger partial charge in [0.25, 0.3) is 0 Å². The lowest BCUT2D eigenvalue weighted by atomic mass is 10.1. The Morgan fingerprint density at radius 3 is 3.00 bits per heavy atom. The number of hydrogen-bond donors (Lipinski definition) is 1. The molecule has 0 radical (unpaired) electrons. The molecule has 1 aromatic rings. The first-order valence-corrected chi connectivity index (χ1v) is 6.85. The molecule has 1 rings (SSSR count). The zero-order valence-electron chi connectivity index (χ0n) is 9.16. The molecule has 1 unspecified atom stereocenters. The smallest absolute Gasteiger partial charge is 0.0621 e. The normalized spacial score (nSPS) is 12.7. The van der Waals surface area contributed by atoms with E-state index in [0.717, 1.165) is 23.7 Å². The zero-order chi connectivity index (χ0) is 11.1. The van der Waals surface area contributed by atoms with Gasteiger partial charge in [0.05, 0.1) is 5.02 Å². The summed E-state index contributed by atoms with van der Waals surface area (Å²) in [6, 6.07) is 2.48. The summed E-state index contributed by atoms with van der Waals surface area (Å²) in [4.78, 5) is 3.99.